The Morgan fingerprint density at radius 1 is 0.935 bits per heavy atom. The van der Waals surface area contributed by atoms with E-state index in [0.29, 0.717) is 55.8 Å². The third-order valence-electron chi connectivity index (χ3n) is 9.76. The highest BCUT2D eigenvalue weighted by atomic mass is 19.4. The summed E-state index contributed by atoms with van der Waals surface area (Å²) < 4.78 is 40.6. The minimum absolute atomic E-state index is 0.0759. The van der Waals surface area contributed by atoms with Crippen LogP contribution in [0.2, 0.25) is 0 Å². The molecule has 244 valence electrons. The van der Waals surface area contributed by atoms with E-state index in [0.717, 1.165) is 29.8 Å². The normalized spacial score (nSPS) is 21.3. The van der Waals surface area contributed by atoms with Gasteiger partial charge in [0.15, 0.2) is 0 Å². The van der Waals surface area contributed by atoms with Gasteiger partial charge in [0.05, 0.1) is 28.4 Å². The van der Waals surface area contributed by atoms with Crippen LogP contribution < -0.4 is 4.90 Å². The first kappa shape index (κ1) is 31.9. The van der Waals surface area contributed by atoms with Crippen LogP contribution in [-0.2, 0) is 6.54 Å². The van der Waals surface area contributed by atoms with Gasteiger partial charge in [-0.3, -0.25) is 19.1 Å². The first-order valence-electron chi connectivity index (χ1n) is 16.0. The number of halogens is 3. The fourth-order valence-electron chi connectivity index (χ4n) is 7.01. The third kappa shape index (κ3) is 6.31. The van der Waals surface area contributed by atoms with Gasteiger partial charge in [-0.1, -0.05) is 17.3 Å². The topological polar surface area (TPSA) is 91.6 Å². The number of aromatic nitrogens is 3. The third-order valence-corrected chi connectivity index (χ3v) is 9.76. The fourth-order valence-corrected chi connectivity index (χ4v) is 7.01. The van der Waals surface area contributed by atoms with E-state index in [1.54, 1.807) is 22.9 Å². The smallest absolute Gasteiger partial charge is 0.336 e. The molecule has 2 saturated heterocycles. The zero-order valence-corrected chi connectivity index (χ0v) is 26.4. The molecule has 2 aromatic carbocycles. The van der Waals surface area contributed by atoms with Crippen molar-refractivity contribution in [2.75, 3.05) is 31.1 Å². The molecule has 0 aliphatic carbocycles. The van der Waals surface area contributed by atoms with Gasteiger partial charge in [0.25, 0.3) is 17.7 Å². The van der Waals surface area contributed by atoms with E-state index in [4.69, 9.17) is 0 Å². The number of nitrogens with zero attached hydrogens (tertiary/aromatic N) is 6. The standard InChI is InChI=1S/C34H39F3N6O3/c1-21-5-6-22(2)30(17-21)43-32(45)27-8-7-25(19-28(27)33(43)46)31(44)42-16-9-24(18-23(42)3)29-20-41(39-38-29)13-4-12-40-14-10-26(11-15-40)34(35,36)37/h5-8,17,19-20,23-24,26H,4,9-16,18H2,1-3H3. The highest BCUT2D eigenvalue weighted by Gasteiger charge is 2.41. The van der Waals surface area contributed by atoms with Crippen molar-refractivity contribution in [3.05, 3.63) is 76.1 Å². The van der Waals surface area contributed by atoms with Gasteiger partial charge in [-0.15, -0.1) is 5.10 Å². The van der Waals surface area contributed by atoms with Crippen LogP contribution in [0.4, 0.5) is 18.9 Å². The molecule has 3 aliphatic heterocycles. The molecular weight excluding hydrogens is 597 g/mol. The van der Waals surface area contributed by atoms with Gasteiger partial charge in [-0.05, 0) is 108 Å². The zero-order valence-electron chi connectivity index (χ0n) is 26.4. The molecule has 0 N–H and O–H groups in total. The van der Waals surface area contributed by atoms with Gasteiger partial charge < -0.3 is 9.80 Å². The Hall–Kier alpha value is -4.06. The Morgan fingerprint density at radius 2 is 1.67 bits per heavy atom. The quantitative estimate of drug-likeness (QED) is 0.306. The van der Waals surface area contributed by atoms with Gasteiger partial charge in [0.1, 0.15) is 0 Å². The number of rotatable bonds is 7. The van der Waals surface area contributed by atoms with Crippen LogP contribution in [0, 0.1) is 19.8 Å². The Morgan fingerprint density at radius 3 is 2.39 bits per heavy atom. The largest absolute Gasteiger partial charge is 0.391 e. The molecule has 1 aromatic heterocycles. The Balaban J connectivity index is 1.03. The molecule has 4 heterocycles. The zero-order chi connectivity index (χ0) is 32.7. The molecule has 2 fully saturated rings. The molecule has 0 spiro atoms. The van der Waals surface area contributed by atoms with Gasteiger partial charge >= 0.3 is 6.18 Å². The monoisotopic (exact) mass is 636 g/mol. The van der Waals surface area contributed by atoms with Gasteiger partial charge in [0, 0.05) is 36.8 Å². The summed E-state index contributed by atoms with van der Waals surface area (Å²) in [5.41, 5.74) is 4.09. The second-order valence-corrected chi connectivity index (χ2v) is 13.0. The molecule has 0 radical (unpaired) electrons. The van der Waals surface area contributed by atoms with E-state index in [1.165, 1.54) is 4.90 Å². The summed E-state index contributed by atoms with van der Waals surface area (Å²) in [6.07, 6.45) is 0.361. The summed E-state index contributed by atoms with van der Waals surface area (Å²) in [5.74, 6) is -2.04. The number of likely N-dealkylation sites (tertiary alicyclic amines) is 2. The summed E-state index contributed by atoms with van der Waals surface area (Å²) >= 11 is 0. The number of anilines is 1. The van der Waals surface area contributed by atoms with Crippen LogP contribution in [0.5, 0.6) is 0 Å². The van der Waals surface area contributed by atoms with Gasteiger partial charge in [0.2, 0.25) is 0 Å². The van der Waals surface area contributed by atoms with E-state index in [-0.39, 0.29) is 42.2 Å². The Labute approximate surface area is 266 Å². The lowest BCUT2D eigenvalue weighted by Crippen LogP contribution is -2.44. The summed E-state index contributed by atoms with van der Waals surface area (Å²) in [7, 11) is 0. The molecular formula is C34H39F3N6O3. The summed E-state index contributed by atoms with van der Waals surface area (Å²) in [4.78, 5) is 45.4. The Bertz CT molecular complexity index is 1640. The second-order valence-electron chi connectivity index (χ2n) is 13.0. The van der Waals surface area contributed by atoms with Crippen molar-refractivity contribution in [1.29, 1.82) is 0 Å². The maximum Gasteiger partial charge on any atom is 0.391 e. The lowest BCUT2D eigenvalue weighted by Gasteiger charge is -2.37. The number of fused-ring (bicyclic) bond motifs is 1. The average molecular weight is 637 g/mol. The molecule has 3 aromatic rings. The molecule has 2 atom stereocenters. The molecule has 46 heavy (non-hydrogen) atoms. The molecule has 0 bridgehead atoms. The van der Waals surface area contributed by atoms with Crippen LogP contribution >= 0.6 is 0 Å². The SMILES string of the molecule is Cc1ccc(C)c(N2C(=O)c3ccc(C(=O)N4CCC(c5cn(CCCN6CCC(C(F)(F)F)CC6)nn5)CC4C)cc3C2=O)c1. The predicted molar refractivity (Wildman–Crippen MR) is 166 cm³/mol. The highest BCUT2D eigenvalue weighted by Crippen LogP contribution is 2.35. The number of amides is 3. The predicted octanol–water partition coefficient (Wildman–Crippen LogP) is 5.77. The van der Waals surface area contributed by atoms with Crippen molar-refractivity contribution in [2.24, 2.45) is 5.92 Å². The number of carbonyl (C=O) groups is 3. The molecule has 12 heteroatoms. The summed E-state index contributed by atoms with van der Waals surface area (Å²) in [6, 6.07) is 10.3. The number of hydrogen-bond acceptors (Lipinski definition) is 6. The fraction of sp³-hybridized carbons (Fsp3) is 0.500. The van der Waals surface area contributed by atoms with E-state index in [9.17, 15) is 27.6 Å². The molecule has 9 nitrogen and oxygen atoms in total. The van der Waals surface area contributed by atoms with Crippen molar-refractivity contribution in [3.63, 3.8) is 0 Å². The number of aryl methyl sites for hydroxylation is 3. The minimum atomic E-state index is -4.10. The van der Waals surface area contributed by atoms with Crippen molar-refractivity contribution < 1.29 is 27.6 Å². The second kappa shape index (κ2) is 12.6. The molecule has 0 saturated carbocycles. The maximum atomic E-state index is 13.6. The number of alkyl halides is 3. The van der Waals surface area contributed by atoms with Crippen LogP contribution in [0.25, 0.3) is 0 Å². The number of hydrogen-bond donors (Lipinski definition) is 0. The van der Waals surface area contributed by atoms with E-state index >= 15 is 0 Å². The molecule has 6 rings (SSSR count). The highest BCUT2D eigenvalue weighted by molar-refractivity contribution is 6.35. The van der Waals surface area contributed by atoms with Gasteiger partial charge in [-0.2, -0.15) is 13.2 Å². The van der Waals surface area contributed by atoms with E-state index in [2.05, 4.69) is 15.2 Å². The van der Waals surface area contributed by atoms with Crippen molar-refractivity contribution in [1.82, 2.24) is 24.8 Å². The first-order chi connectivity index (χ1) is 21.9. The maximum absolute atomic E-state index is 13.6. The lowest BCUT2D eigenvalue weighted by molar-refractivity contribution is -0.185. The number of benzene rings is 2. The minimum Gasteiger partial charge on any atom is -0.336 e. The van der Waals surface area contributed by atoms with Crippen LogP contribution in [0.1, 0.15) is 92.8 Å². The van der Waals surface area contributed by atoms with Gasteiger partial charge in [-0.25, -0.2) is 4.90 Å². The van der Waals surface area contributed by atoms with Crippen molar-refractivity contribution >= 4 is 23.4 Å². The van der Waals surface area contributed by atoms with E-state index in [1.807, 2.05) is 50.1 Å². The molecule has 3 amide bonds. The number of imide groups is 1. The molecule has 2 unspecified atom stereocenters. The number of carbonyl (C=O) groups excluding carboxylic acids is 3. The average Bonchev–Trinajstić information content (AvgIpc) is 3.60. The van der Waals surface area contributed by atoms with Crippen LogP contribution in [-0.4, -0.2) is 80.9 Å². The van der Waals surface area contributed by atoms with Crippen molar-refractivity contribution in [3.8, 4) is 0 Å². The summed E-state index contributed by atoms with van der Waals surface area (Å²) in [5, 5.41) is 8.69. The van der Waals surface area contributed by atoms with Crippen molar-refractivity contribution in [2.45, 2.75) is 77.6 Å². The first-order valence-corrected chi connectivity index (χ1v) is 16.0. The Kier molecular flexibility index (Phi) is 8.75. The van der Waals surface area contributed by atoms with Crippen LogP contribution in [0.15, 0.2) is 42.6 Å². The molecule has 3 aliphatic rings. The number of piperidine rings is 2. The summed E-state index contributed by atoms with van der Waals surface area (Å²) in [6.45, 7) is 8.58. The lowest BCUT2D eigenvalue weighted by atomic mass is 9.89. The van der Waals surface area contributed by atoms with Crippen LogP contribution in [0.3, 0.4) is 0 Å². The van der Waals surface area contributed by atoms with E-state index < -0.39 is 18.0 Å².